The highest BCUT2D eigenvalue weighted by molar-refractivity contribution is 5.95. The molecule has 1 aliphatic carbocycles. The number of aromatic nitrogens is 2. The number of rotatable bonds is 4. The number of ether oxygens (including phenoxy) is 1. The van der Waals surface area contributed by atoms with Crippen LogP contribution in [0.1, 0.15) is 54.2 Å². The lowest BCUT2D eigenvalue weighted by molar-refractivity contribution is -0.0586. The van der Waals surface area contributed by atoms with E-state index in [0.717, 1.165) is 30.6 Å². The number of hydrogen-bond donors (Lipinski definition) is 0. The molecule has 1 aromatic carbocycles. The van der Waals surface area contributed by atoms with Crippen LogP contribution in [0.15, 0.2) is 36.5 Å². The number of hydrogen-bond acceptors (Lipinski definition) is 3. The third-order valence-corrected chi connectivity index (χ3v) is 4.96. The molecule has 2 fully saturated rings. The topological polar surface area (TPSA) is 47.4 Å². The van der Waals surface area contributed by atoms with E-state index in [0.29, 0.717) is 19.0 Å². The van der Waals surface area contributed by atoms with Gasteiger partial charge in [0, 0.05) is 19.0 Å². The summed E-state index contributed by atoms with van der Waals surface area (Å²) in [6.45, 7) is 6.07. The molecule has 0 bridgehead atoms. The zero-order valence-electron chi connectivity index (χ0n) is 14.9. The van der Waals surface area contributed by atoms with Gasteiger partial charge in [0.15, 0.2) is 0 Å². The molecule has 1 aromatic heterocycles. The number of morpholine rings is 1. The Balaban J connectivity index is 1.60. The van der Waals surface area contributed by atoms with E-state index in [1.54, 1.807) is 6.20 Å². The van der Waals surface area contributed by atoms with Crippen molar-refractivity contribution in [2.45, 2.75) is 51.4 Å². The molecule has 0 spiro atoms. The summed E-state index contributed by atoms with van der Waals surface area (Å²) in [6, 6.07) is 10.3. The number of carbonyl (C=O) groups is 1. The van der Waals surface area contributed by atoms with Crippen LogP contribution in [0.3, 0.4) is 0 Å². The van der Waals surface area contributed by atoms with Crippen molar-refractivity contribution in [3.05, 3.63) is 53.3 Å². The van der Waals surface area contributed by atoms with Crippen molar-refractivity contribution >= 4 is 5.91 Å². The Bertz CT molecular complexity index is 742. The first-order valence-corrected chi connectivity index (χ1v) is 9.16. The average molecular weight is 339 g/mol. The molecule has 25 heavy (non-hydrogen) atoms. The Labute approximate surface area is 148 Å². The molecule has 2 aliphatic rings. The van der Waals surface area contributed by atoms with Gasteiger partial charge in [-0.25, -0.2) is 0 Å². The molecule has 0 N–H and O–H groups in total. The zero-order chi connectivity index (χ0) is 17.4. The summed E-state index contributed by atoms with van der Waals surface area (Å²) in [7, 11) is 0. The second-order valence-electron chi connectivity index (χ2n) is 7.33. The van der Waals surface area contributed by atoms with Crippen LogP contribution in [0, 0.1) is 0 Å². The lowest BCUT2D eigenvalue weighted by Crippen LogP contribution is -2.48. The van der Waals surface area contributed by atoms with Crippen molar-refractivity contribution < 1.29 is 9.53 Å². The maximum absolute atomic E-state index is 13.1. The molecular formula is C20H25N3O2. The molecule has 2 aromatic rings. The van der Waals surface area contributed by atoms with Crippen molar-refractivity contribution in [3.63, 3.8) is 0 Å². The standard InChI is InChI=1S/C20H25N3O2/c1-14-11-22(12-15(2)25-14)20(24)18-10-21-23(19(18)17-8-9-17)13-16-6-4-3-5-7-16/h3-7,10,14-15,17H,8-9,11-13H2,1-2H3/t14-,15+. The molecule has 5 nitrogen and oxygen atoms in total. The van der Waals surface area contributed by atoms with Gasteiger partial charge in [-0.2, -0.15) is 5.10 Å². The summed E-state index contributed by atoms with van der Waals surface area (Å²) in [5.41, 5.74) is 3.10. The largest absolute Gasteiger partial charge is 0.372 e. The lowest BCUT2D eigenvalue weighted by atomic mass is 10.1. The summed E-state index contributed by atoms with van der Waals surface area (Å²) in [5, 5.41) is 4.56. The number of nitrogens with zero attached hydrogens (tertiary/aromatic N) is 3. The van der Waals surface area contributed by atoms with Gasteiger partial charge in [0.1, 0.15) is 0 Å². The fourth-order valence-corrected chi connectivity index (χ4v) is 3.74. The normalized spacial score (nSPS) is 23.7. The van der Waals surface area contributed by atoms with Crippen LogP contribution in [-0.2, 0) is 11.3 Å². The van der Waals surface area contributed by atoms with Crippen LogP contribution < -0.4 is 0 Å². The molecule has 1 amide bonds. The molecule has 132 valence electrons. The van der Waals surface area contributed by atoms with E-state index < -0.39 is 0 Å². The third kappa shape index (κ3) is 3.47. The quantitative estimate of drug-likeness (QED) is 0.860. The summed E-state index contributed by atoms with van der Waals surface area (Å²) in [4.78, 5) is 15.1. The second-order valence-corrected chi connectivity index (χ2v) is 7.33. The van der Waals surface area contributed by atoms with Gasteiger partial charge >= 0.3 is 0 Å². The van der Waals surface area contributed by atoms with E-state index in [2.05, 4.69) is 17.2 Å². The molecule has 1 saturated heterocycles. The Morgan fingerprint density at radius 2 is 1.84 bits per heavy atom. The summed E-state index contributed by atoms with van der Waals surface area (Å²) in [5.74, 6) is 0.573. The van der Waals surface area contributed by atoms with Gasteiger partial charge in [0.05, 0.1) is 36.2 Å². The first kappa shape index (κ1) is 16.3. The minimum Gasteiger partial charge on any atom is -0.372 e. The highest BCUT2D eigenvalue weighted by Gasteiger charge is 2.35. The van der Waals surface area contributed by atoms with Gasteiger partial charge < -0.3 is 9.64 Å². The van der Waals surface area contributed by atoms with E-state index in [1.165, 1.54) is 5.56 Å². The van der Waals surface area contributed by atoms with E-state index in [4.69, 9.17) is 4.74 Å². The molecule has 0 unspecified atom stereocenters. The average Bonchev–Trinajstić information content (AvgIpc) is 3.35. The van der Waals surface area contributed by atoms with Crippen LogP contribution in [0.5, 0.6) is 0 Å². The molecule has 1 aliphatic heterocycles. The minimum atomic E-state index is 0.0800. The third-order valence-electron chi connectivity index (χ3n) is 4.96. The van der Waals surface area contributed by atoms with Gasteiger partial charge in [-0.3, -0.25) is 9.48 Å². The van der Waals surface area contributed by atoms with Gasteiger partial charge in [-0.05, 0) is 32.3 Å². The zero-order valence-corrected chi connectivity index (χ0v) is 14.9. The summed E-state index contributed by atoms with van der Waals surface area (Å²) in [6.07, 6.45) is 4.23. The van der Waals surface area contributed by atoms with Gasteiger partial charge in [-0.1, -0.05) is 30.3 Å². The van der Waals surface area contributed by atoms with Crippen molar-refractivity contribution in [1.82, 2.24) is 14.7 Å². The maximum Gasteiger partial charge on any atom is 0.257 e. The molecule has 5 heteroatoms. The number of benzene rings is 1. The molecule has 1 saturated carbocycles. The highest BCUT2D eigenvalue weighted by atomic mass is 16.5. The van der Waals surface area contributed by atoms with Crippen LogP contribution in [-0.4, -0.2) is 45.9 Å². The number of carbonyl (C=O) groups excluding carboxylic acids is 1. The molecule has 2 heterocycles. The lowest BCUT2D eigenvalue weighted by Gasteiger charge is -2.35. The Morgan fingerprint density at radius 1 is 1.16 bits per heavy atom. The van der Waals surface area contributed by atoms with Crippen LogP contribution in [0.2, 0.25) is 0 Å². The van der Waals surface area contributed by atoms with Crippen LogP contribution in [0.4, 0.5) is 0 Å². The van der Waals surface area contributed by atoms with Crippen molar-refractivity contribution in [2.24, 2.45) is 0 Å². The van der Waals surface area contributed by atoms with Crippen LogP contribution in [0.25, 0.3) is 0 Å². The molecule has 4 rings (SSSR count). The summed E-state index contributed by atoms with van der Waals surface area (Å²) < 4.78 is 7.78. The van der Waals surface area contributed by atoms with Crippen LogP contribution >= 0.6 is 0 Å². The van der Waals surface area contributed by atoms with E-state index >= 15 is 0 Å². The monoisotopic (exact) mass is 339 g/mol. The first-order valence-electron chi connectivity index (χ1n) is 9.16. The predicted octanol–water partition coefficient (Wildman–Crippen LogP) is 3.06. The van der Waals surface area contributed by atoms with Crippen molar-refractivity contribution in [3.8, 4) is 0 Å². The van der Waals surface area contributed by atoms with Gasteiger partial charge in [-0.15, -0.1) is 0 Å². The SMILES string of the molecule is C[C@@H]1CN(C(=O)c2cnn(Cc3ccccc3)c2C2CC2)C[C@H](C)O1. The minimum absolute atomic E-state index is 0.0800. The van der Waals surface area contributed by atoms with Crippen molar-refractivity contribution in [1.29, 1.82) is 0 Å². The van der Waals surface area contributed by atoms with Gasteiger partial charge in [0.25, 0.3) is 5.91 Å². The summed E-state index contributed by atoms with van der Waals surface area (Å²) >= 11 is 0. The second kappa shape index (κ2) is 6.64. The predicted molar refractivity (Wildman–Crippen MR) is 95.7 cm³/mol. The first-order chi connectivity index (χ1) is 12.1. The number of amides is 1. The van der Waals surface area contributed by atoms with Gasteiger partial charge in [0.2, 0.25) is 0 Å². The highest BCUT2D eigenvalue weighted by Crippen LogP contribution is 2.42. The Kier molecular flexibility index (Phi) is 4.34. The molecule has 2 atom stereocenters. The molecule has 0 radical (unpaired) electrons. The van der Waals surface area contributed by atoms with E-state index in [1.807, 2.05) is 41.6 Å². The maximum atomic E-state index is 13.1. The molecular weight excluding hydrogens is 314 g/mol. The fourth-order valence-electron chi connectivity index (χ4n) is 3.74. The fraction of sp³-hybridized carbons (Fsp3) is 0.500. The Morgan fingerprint density at radius 3 is 2.48 bits per heavy atom. The van der Waals surface area contributed by atoms with E-state index in [-0.39, 0.29) is 18.1 Å². The van der Waals surface area contributed by atoms with E-state index in [9.17, 15) is 4.79 Å². The Hall–Kier alpha value is -2.14. The van der Waals surface area contributed by atoms with Crippen molar-refractivity contribution in [2.75, 3.05) is 13.1 Å². The smallest absolute Gasteiger partial charge is 0.257 e.